The molecule has 29 heavy (non-hydrogen) atoms. The van der Waals surface area contributed by atoms with Crippen molar-refractivity contribution in [2.75, 3.05) is 21.1 Å². The second kappa shape index (κ2) is 17.4. The van der Waals surface area contributed by atoms with Gasteiger partial charge in [-0.05, 0) is 32.1 Å². The summed E-state index contributed by atoms with van der Waals surface area (Å²) >= 11 is 0. The van der Waals surface area contributed by atoms with Crippen molar-refractivity contribution in [1.82, 2.24) is 0 Å². The number of quaternary nitrogens is 1. The summed E-state index contributed by atoms with van der Waals surface area (Å²) in [6.07, 6.45) is 25.7. The predicted molar refractivity (Wildman–Crippen MR) is 127 cm³/mol. The van der Waals surface area contributed by atoms with Crippen LogP contribution in [0.1, 0.15) is 123 Å². The van der Waals surface area contributed by atoms with Gasteiger partial charge in [0.25, 0.3) is 5.28 Å². The van der Waals surface area contributed by atoms with Crippen molar-refractivity contribution >= 4 is 8.03 Å². The summed E-state index contributed by atoms with van der Waals surface area (Å²) in [7, 11) is 3.62. The smallest absolute Gasteiger partial charge is 0.376 e. The molecule has 0 aromatic carbocycles. The molecule has 0 saturated heterocycles. The molecule has 0 rings (SSSR count). The third kappa shape index (κ3) is 12.9. The monoisotopic (exact) mass is 428 g/mol. The van der Waals surface area contributed by atoms with E-state index in [2.05, 4.69) is 19.1 Å². The van der Waals surface area contributed by atoms with Crippen molar-refractivity contribution in [3.63, 3.8) is 0 Å². The average Bonchev–Trinajstić information content (AvgIpc) is 2.66. The molecule has 0 fully saturated rings. The Morgan fingerprint density at radius 3 is 1.52 bits per heavy atom. The minimum absolute atomic E-state index is 0.510. The van der Waals surface area contributed by atoms with Crippen LogP contribution in [0.4, 0.5) is 0 Å². The number of hydrogen-bond acceptors (Lipinski definition) is 2. The van der Waals surface area contributed by atoms with E-state index in [0.717, 1.165) is 19.3 Å². The minimum atomic E-state index is -2.41. The van der Waals surface area contributed by atoms with Crippen LogP contribution in [-0.4, -0.2) is 30.9 Å². The minimum Gasteiger partial charge on any atom is -0.590 e. The number of unbranched alkanes of at least 4 members (excludes halogenated alkanes) is 13. The zero-order valence-electron chi connectivity index (χ0n) is 20.4. The summed E-state index contributed by atoms with van der Waals surface area (Å²) in [5.74, 6) is 0. The first-order valence-electron chi connectivity index (χ1n) is 12.4. The Labute approximate surface area is 183 Å². The molecule has 0 radical (unpaired) electrons. The normalized spacial score (nSPS) is 15.0. The summed E-state index contributed by atoms with van der Waals surface area (Å²) in [6.45, 7) is 4.28. The standard InChI is InChI=1S/C25H51NO2P/c1-6-8-9-10-11-12-13-14-15-16-17-18-19-20-21-22-23-24-25(7-2,29(27)28)26(3,4)5/h12-13H,6-11,14-24H2,1-5H3/q+1. The van der Waals surface area contributed by atoms with Crippen LogP contribution >= 0.6 is 8.03 Å². The van der Waals surface area contributed by atoms with E-state index in [0.29, 0.717) is 10.9 Å². The van der Waals surface area contributed by atoms with Crippen LogP contribution in [0.3, 0.4) is 0 Å². The average molecular weight is 429 g/mol. The van der Waals surface area contributed by atoms with E-state index in [1.807, 2.05) is 28.1 Å². The third-order valence-electron chi connectivity index (χ3n) is 6.49. The molecule has 2 unspecified atom stereocenters. The Morgan fingerprint density at radius 2 is 1.14 bits per heavy atom. The van der Waals surface area contributed by atoms with Crippen LogP contribution in [0.25, 0.3) is 0 Å². The van der Waals surface area contributed by atoms with Crippen LogP contribution < -0.4 is 4.89 Å². The zero-order valence-corrected chi connectivity index (χ0v) is 21.3. The van der Waals surface area contributed by atoms with Gasteiger partial charge in [-0.3, -0.25) is 4.48 Å². The lowest BCUT2D eigenvalue weighted by molar-refractivity contribution is -0.910. The molecule has 4 heteroatoms. The van der Waals surface area contributed by atoms with E-state index in [9.17, 15) is 9.46 Å². The fraction of sp³-hybridized carbons (Fsp3) is 0.920. The first-order valence-corrected chi connectivity index (χ1v) is 13.6. The molecule has 172 valence electrons. The Bertz CT molecular complexity index is 431. The number of allylic oxidation sites excluding steroid dienone is 2. The first kappa shape index (κ1) is 28.8. The van der Waals surface area contributed by atoms with Crippen LogP contribution in [0, 0.1) is 0 Å². The summed E-state index contributed by atoms with van der Waals surface area (Å²) in [6, 6.07) is 0. The quantitative estimate of drug-likeness (QED) is 0.0861. The van der Waals surface area contributed by atoms with Crippen LogP contribution in [-0.2, 0) is 4.57 Å². The number of nitrogens with zero attached hydrogens (tertiary/aromatic N) is 1. The SMILES string of the molecule is CCCCCCC=CCCCCCCCCCCCC(CC)([P+](=O)[O-])[N+](C)(C)C. The molecule has 2 atom stereocenters. The highest BCUT2D eigenvalue weighted by Crippen LogP contribution is 2.44. The van der Waals surface area contributed by atoms with Gasteiger partial charge in [0, 0.05) is 12.8 Å². The second-order valence-corrected chi connectivity index (χ2v) is 11.0. The van der Waals surface area contributed by atoms with Gasteiger partial charge in [0.15, 0.2) is 0 Å². The van der Waals surface area contributed by atoms with E-state index in [1.165, 1.54) is 83.5 Å². The maximum absolute atomic E-state index is 11.9. The van der Waals surface area contributed by atoms with Gasteiger partial charge in [-0.15, -0.1) is 0 Å². The maximum atomic E-state index is 11.9. The van der Waals surface area contributed by atoms with E-state index < -0.39 is 13.3 Å². The molecule has 0 N–H and O–H groups in total. The summed E-state index contributed by atoms with van der Waals surface area (Å²) < 4.78 is 12.4. The van der Waals surface area contributed by atoms with E-state index >= 15 is 0 Å². The number of hydrogen-bond donors (Lipinski definition) is 0. The van der Waals surface area contributed by atoms with E-state index in [4.69, 9.17) is 0 Å². The van der Waals surface area contributed by atoms with Crippen LogP contribution in [0.2, 0.25) is 0 Å². The maximum Gasteiger partial charge on any atom is 0.376 e. The highest BCUT2D eigenvalue weighted by atomic mass is 31.1. The molecule has 0 aromatic rings. The van der Waals surface area contributed by atoms with Gasteiger partial charge in [-0.1, -0.05) is 94.8 Å². The summed E-state index contributed by atoms with van der Waals surface area (Å²) in [5.41, 5.74) is 0. The Balaban J connectivity index is 3.60. The lowest BCUT2D eigenvalue weighted by atomic mass is 10.0. The second-order valence-electron chi connectivity index (χ2n) is 9.65. The highest BCUT2D eigenvalue weighted by Gasteiger charge is 2.52. The molecule has 0 amide bonds. The lowest BCUT2D eigenvalue weighted by Gasteiger charge is -2.39. The molecule has 0 aliphatic rings. The highest BCUT2D eigenvalue weighted by molar-refractivity contribution is 7.38. The summed E-state index contributed by atoms with van der Waals surface area (Å²) in [5, 5.41) is -0.598. The Hall–Kier alpha value is -0.240. The lowest BCUT2D eigenvalue weighted by Crippen LogP contribution is -2.55. The van der Waals surface area contributed by atoms with Gasteiger partial charge >= 0.3 is 8.03 Å². The van der Waals surface area contributed by atoms with Crippen molar-refractivity contribution in [3.8, 4) is 0 Å². The fourth-order valence-electron chi connectivity index (χ4n) is 4.28. The molecular formula is C25H51NO2P+. The molecule has 0 aliphatic heterocycles. The van der Waals surface area contributed by atoms with Crippen molar-refractivity contribution in [3.05, 3.63) is 12.2 Å². The molecular weight excluding hydrogens is 377 g/mol. The molecule has 0 aliphatic carbocycles. The fourth-order valence-corrected chi connectivity index (χ4v) is 5.37. The molecule has 3 nitrogen and oxygen atoms in total. The van der Waals surface area contributed by atoms with E-state index in [1.54, 1.807) is 0 Å². The van der Waals surface area contributed by atoms with Crippen molar-refractivity contribution in [2.24, 2.45) is 0 Å². The largest absolute Gasteiger partial charge is 0.590 e. The zero-order chi connectivity index (χ0) is 22.0. The topological polar surface area (TPSA) is 40.1 Å². The first-order chi connectivity index (χ1) is 13.8. The molecule has 0 aromatic heterocycles. The molecule has 0 heterocycles. The summed E-state index contributed by atoms with van der Waals surface area (Å²) in [4.78, 5) is 11.9. The van der Waals surface area contributed by atoms with Crippen LogP contribution in [0.15, 0.2) is 12.2 Å². The van der Waals surface area contributed by atoms with Gasteiger partial charge in [0.2, 0.25) is 0 Å². The van der Waals surface area contributed by atoms with Crippen molar-refractivity contribution in [2.45, 2.75) is 128 Å². The van der Waals surface area contributed by atoms with Gasteiger partial charge < -0.3 is 4.89 Å². The Morgan fingerprint density at radius 1 is 0.724 bits per heavy atom. The van der Waals surface area contributed by atoms with Gasteiger partial charge in [0.05, 0.1) is 21.1 Å². The molecule has 0 bridgehead atoms. The number of rotatable bonds is 20. The Kier molecular flexibility index (Phi) is 17.3. The molecule has 0 spiro atoms. The van der Waals surface area contributed by atoms with Crippen LogP contribution in [0.5, 0.6) is 0 Å². The van der Waals surface area contributed by atoms with E-state index in [-0.39, 0.29) is 0 Å². The van der Waals surface area contributed by atoms with Gasteiger partial charge in [-0.25, -0.2) is 0 Å². The van der Waals surface area contributed by atoms with Gasteiger partial charge in [-0.2, -0.15) is 0 Å². The van der Waals surface area contributed by atoms with Gasteiger partial charge in [0.1, 0.15) is 0 Å². The third-order valence-corrected chi connectivity index (χ3v) is 8.31. The molecule has 0 saturated carbocycles. The van der Waals surface area contributed by atoms with Crippen molar-refractivity contribution < 1.29 is 13.9 Å². The predicted octanol–water partition coefficient (Wildman–Crippen LogP) is 7.72. The van der Waals surface area contributed by atoms with Crippen molar-refractivity contribution in [1.29, 1.82) is 0 Å².